The monoisotopic (exact) mass is 433 g/mol. The lowest BCUT2D eigenvalue weighted by Gasteiger charge is -2.37. The summed E-state index contributed by atoms with van der Waals surface area (Å²) in [4.78, 5) is 7.23. The van der Waals surface area contributed by atoms with Crippen LogP contribution >= 0.6 is 28.3 Å². The van der Waals surface area contributed by atoms with Gasteiger partial charge in [0, 0.05) is 16.6 Å². The molecule has 0 unspecified atom stereocenters. The lowest BCUT2D eigenvalue weighted by atomic mass is 9.97. The van der Waals surface area contributed by atoms with Crippen molar-refractivity contribution in [2.45, 2.75) is 50.2 Å². The fraction of sp³-hybridized carbons (Fsp3) is 0.381. The van der Waals surface area contributed by atoms with Crippen LogP contribution in [0.25, 0.3) is 0 Å². The van der Waals surface area contributed by atoms with E-state index in [9.17, 15) is 0 Å². The maximum absolute atomic E-state index is 6.40. The molecule has 2 aromatic carbocycles. The minimum Gasteiger partial charge on any atom is -0.370 e. The van der Waals surface area contributed by atoms with Crippen LogP contribution in [0.3, 0.4) is 0 Å². The van der Waals surface area contributed by atoms with Crippen molar-refractivity contribution in [1.82, 2.24) is 4.90 Å². The minimum atomic E-state index is 0. The van der Waals surface area contributed by atoms with Crippen molar-refractivity contribution in [3.05, 3.63) is 70.2 Å². The molecule has 26 heavy (non-hydrogen) atoms. The predicted octanol–water partition coefficient (Wildman–Crippen LogP) is 5.10. The van der Waals surface area contributed by atoms with Gasteiger partial charge in [0.15, 0.2) is 5.96 Å². The van der Waals surface area contributed by atoms with Gasteiger partial charge in [-0.15, -0.1) is 12.4 Å². The molecule has 0 radical (unpaired) electrons. The van der Waals surface area contributed by atoms with E-state index < -0.39 is 0 Å². The Morgan fingerprint density at radius 1 is 1.08 bits per heavy atom. The molecule has 2 aromatic rings. The first-order chi connectivity index (χ1) is 12.2. The van der Waals surface area contributed by atoms with Gasteiger partial charge in [0.25, 0.3) is 0 Å². The Kier molecular flexibility index (Phi) is 6.25. The first-order valence-electron chi connectivity index (χ1n) is 9.11. The first-order valence-corrected chi connectivity index (χ1v) is 9.91. The molecule has 2 aliphatic heterocycles. The Balaban J connectivity index is 0.00000196. The van der Waals surface area contributed by atoms with E-state index in [0.29, 0.717) is 12.1 Å². The third-order valence-corrected chi connectivity index (χ3v) is 6.00. The number of nitrogens with two attached hydrogens (primary N) is 1. The van der Waals surface area contributed by atoms with Crippen LogP contribution in [0.5, 0.6) is 0 Å². The van der Waals surface area contributed by atoms with E-state index in [1.807, 2.05) is 0 Å². The van der Waals surface area contributed by atoms with E-state index >= 15 is 0 Å². The van der Waals surface area contributed by atoms with Gasteiger partial charge in [0.2, 0.25) is 0 Å². The van der Waals surface area contributed by atoms with Gasteiger partial charge in [-0.2, -0.15) is 0 Å². The molecular weight excluding hydrogens is 410 g/mol. The van der Waals surface area contributed by atoms with E-state index in [1.165, 1.54) is 24.0 Å². The van der Waals surface area contributed by atoms with E-state index in [0.717, 1.165) is 29.7 Å². The number of rotatable bonds is 4. The van der Waals surface area contributed by atoms with Gasteiger partial charge in [0.1, 0.15) is 0 Å². The van der Waals surface area contributed by atoms with Crippen LogP contribution in [0.1, 0.15) is 42.9 Å². The highest BCUT2D eigenvalue weighted by atomic mass is 79.9. The fourth-order valence-electron chi connectivity index (χ4n) is 4.30. The summed E-state index contributed by atoms with van der Waals surface area (Å²) in [5.74, 6) is 0.738. The van der Waals surface area contributed by atoms with Crippen molar-refractivity contribution < 1.29 is 0 Å². The molecule has 0 amide bonds. The summed E-state index contributed by atoms with van der Waals surface area (Å²) in [6, 6.07) is 20.4. The van der Waals surface area contributed by atoms with Crippen molar-refractivity contribution in [3.63, 3.8) is 0 Å². The largest absolute Gasteiger partial charge is 0.370 e. The number of halogens is 2. The summed E-state index contributed by atoms with van der Waals surface area (Å²) in [7, 11) is 0. The first kappa shape index (κ1) is 19.2. The highest BCUT2D eigenvalue weighted by Crippen LogP contribution is 2.37. The third kappa shape index (κ3) is 4.07. The van der Waals surface area contributed by atoms with Crippen molar-refractivity contribution >= 4 is 34.3 Å². The van der Waals surface area contributed by atoms with Crippen molar-refractivity contribution in [2.24, 2.45) is 10.7 Å². The number of aryl methyl sites for hydroxylation is 1. The molecule has 0 aliphatic carbocycles. The number of hydrogen-bond acceptors (Lipinski definition) is 3. The average Bonchev–Trinajstić information content (AvgIpc) is 3.04. The molecule has 1 fully saturated rings. The summed E-state index contributed by atoms with van der Waals surface area (Å²) in [6.07, 6.45) is 5.75. The molecule has 0 saturated carbocycles. The fourth-order valence-corrected chi connectivity index (χ4v) is 4.74. The Hall–Kier alpha value is -1.52. The van der Waals surface area contributed by atoms with Gasteiger partial charge in [-0.25, -0.2) is 4.99 Å². The molecule has 3 atom stereocenters. The molecule has 2 aliphatic rings. The number of fused-ring (bicyclic) bond motifs is 1. The normalized spacial score (nSPS) is 24.6. The zero-order chi connectivity index (χ0) is 17.2. The molecule has 0 spiro atoms. The number of benzene rings is 2. The van der Waals surface area contributed by atoms with Crippen LogP contribution in [0, 0.1) is 0 Å². The molecule has 0 aromatic heterocycles. The third-order valence-electron chi connectivity index (χ3n) is 5.51. The Labute approximate surface area is 170 Å². The van der Waals surface area contributed by atoms with E-state index in [1.54, 1.807) is 0 Å². The van der Waals surface area contributed by atoms with E-state index in [-0.39, 0.29) is 18.4 Å². The molecule has 5 heteroatoms. The van der Waals surface area contributed by atoms with Gasteiger partial charge in [-0.1, -0.05) is 58.4 Å². The molecule has 4 rings (SSSR count). The topological polar surface area (TPSA) is 41.6 Å². The molecule has 0 bridgehead atoms. The summed E-state index contributed by atoms with van der Waals surface area (Å²) >= 11 is 3.56. The zero-order valence-electron chi connectivity index (χ0n) is 14.7. The Morgan fingerprint density at radius 2 is 1.88 bits per heavy atom. The number of nitrogens with zero attached hydrogens (tertiary/aromatic N) is 2. The molecular formula is C21H25BrClN3. The van der Waals surface area contributed by atoms with Crippen LogP contribution in [0.2, 0.25) is 0 Å². The Bertz CT molecular complexity index is 765. The smallest absolute Gasteiger partial charge is 0.192 e. The molecule has 2 N–H and O–H groups in total. The molecule has 138 valence electrons. The van der Waals surface area contributed by atoms with Gasteiger partial charge in [-0.05, 0) is 55.4 Å². The quantitative estimate of drug-likeness (QED) is 0.727. The second-order valence-corrected chi connectivity index (χ2v) is 8.03. The zero-order valence-corrected chi connectivity index (χ0v) is 17.1. The maximum atomic E-state index is 6.40. The standard InChI is InChI=1S/C21H24BrN3.ClH/c22-17-8-4-5-15(13-17)9-10-18-11-12-19-14-20(24-21(23)25(18)19)16-6-2-1-3-7-16;/h1-8,13,18-20H,9-12,14H2,(H2,23,24);1H/t18-,19+,20+;/m0./s1. The second kappa shape index (κ2) is 8.45. The SMILES string of the molecule is Cl.NC1=N[C@@H](c2ccccc2)C[C@H]2CC[C@H](CCc3cccc(Br)c3)N12. The number of guanidine groups is 1. The van der Waals surface area contributed by atoms with Crippen LogP contribution in [-0.2, 0) is 6.42 Å². The van der Waals surface area contributed by atoms with Crippen molar-refractivity contribution in [2.75, 3.05) is 0 Å². The van der Waals surface area contributed by atoms with E-state index in [2.05, 4.69) is 75.4 Å². The predicted molar refractivity (Wildman–Crippen MR) is 114 cm³/mol. The van der Waals surface area contributed by atoms with Crippen molar-refractivity contribution in [3.8, 4) is 0 Å². The van der Waals surface area contributed by atoms with Gasteiger partial charge < -0.3 is 10.6 Å². The van der Waals surface area contributed by atoms with Crippen LogP contribution in [-0.4, -0.2) is 22.9 Å². The van der Waals surface area contributed by atoms with Crippen LogP contribution in [0.4, 0.5) is 0 Å². The van der Waals surface area contributed by atoms with Gasteiger partial charge >= 0.3 is 0 Å². The summed E-state index contributed by atoms with van der Waals surface area (Å²) in [5.41, 5.74) is 9.06. The lowest BCUT2D eigenvalue weighted by molar-refractivity contribution is 0.256. The lowest BCUT2D eigenvalue weighted by Crippen LogP contribution is -2.48. The summed E-state index contributed by atoms with van der Waals surface area (Å²) in [6.45, 7) is 0. The van der Waals surface area contributed by atoms with Crippen molar-refractivity contribution in [1.29, 1.82) is 0 Å². The highest BCUT2D eigenvalue weighted by Gasteiger charge is 2.39. The van der Waals surface area contributed by atoms with Crippen LogP contribution < -0.4 is 5.73 Å². The minimum absolute atomic E-state index is 0. The molecule has 2 heterocycles. The summed E-state index contributed by atoms with van der Waals surface area (Å²) in [5, 5.41) is 0. The molecule has 3 nitrogen and oxygen atoms in total. The van der Waals surface area contributed by atoms with Crippen LogP contribution in [0.15, 0.2) is 64.1 Å². The van der Waals surface area contributed by atoms with E-state index in [4.69, 9.17) is 10.7 Å². The van der Waals surface area contributed by atoms with Gasteiger partial charge in [-0.3, -0.25) is 0 Å². The number of hydrogen-bond donors (Lipinski definition) is 1. The highest BCUT2D eigenvalue weighted by molar-refractivity contribution is 9.10. The second-order valence-electron chi connectivity index (χ2n) is 7.11. The number of aliphatic imine (C=N–C) groups is 1. The average molecular weight is 435 g/mol. The summed E-state index contributed by atoms with van der Waals surface area (Å²) < 4.78 is 1.15. The Morgan fingerprint density at radius 3 is 2.65 bits per heavy atom. The molecule has 1 saturated heterocycles. The van der Waals surface area contributed by atoms with Gasteiger partial charge in [0.05, 0.1) is 6.04 Å². The maximum Gasteiger partial charge on any atom is 0.192 e.